The second-order valence-corrected chi connectivity index (χ2v) is 10.6. The summed E-state index contributed by atoms with van der Waals surface area (Å²) in [5, 5.41) is 0.574. The number of amides is 1. The van der Waals surface area contributed by atoms with Gasteiger partial charge in [0.05, 0.1) is 15.1 Å². The van der Waals surface area contributed by atoms with Crippen molar-refractivity contribution in [2.75, 3.05) is 36.8 Å². The molecule has 4 rings (SSSR count). The molecule has 1 aromatic heterocycles. The van der Waals surface area contributed by atoms with Crippen molar-refractivity contribution in [3.05, 3.63) is 84.2 Å². The Morgan fingerprint density at radius 1 is 1.00 bits per heavy atom. The van der Waals surface area contributed by atoms with Crippen LogP contribution in [0.2, 0.25) is 0 Å². The highest BCUT2D eigenvalue weighted by molar-refractivity contribution is 7.92. The lowest BCUT2D eigenvalue weighted by Gasteiger charge is -2.22. The summed E-state index contributed by atoms with van der Waals surface area (Å²) in [6, 6.07) is 18.5. The molecule has 0 spiro atoms. The maximum absolute atomic E-state index is 13.5. The predicted octanol–water partition coefficient (Wildman–Crippen LogP) is 4.87. The highest BCUT2D eigenvalue weighted by Crippen LogP contribution is 2.30. The summed E-state index contributed by atoms with van der Waals surface area (Å²) < 4.78 is 42.0. The van der Waals surface area contributed by atoms with Crippen molar-refractivity contribution in [3.8, 4) is 0 Å². The Morgan fingerprint density at radius 2 is 1.71 bits per heavy atom. The molecule has 1 amide bonds. The largest absolute Gasteiger partial charge is 0.308 e. The SMILES string of the molecule is CN(C)CCN(C(=O)c1cccc(NS(=O)(=O)c2ccc(F)cc2)c1)c1nc2ccccc2s1.Cl. The van der Waals surface area contributed by atoms with Crippen LogP contribution in [-0.4, -0.2) is 51.4 Å². The van der Waals surface area contributed by atoms with Gasteiger partial charge >= 0.3 is 0 Å². The molecule has 0 aliphatic heterocycles. The average Bonchev–Trinajstić information content (AvgIpc) is 3.23. The molecule has 0 fully saturated rings. The van der Waals surface area contributed by atoms with Crippen LogP contribution in [-0.2, 0) is 10.0 Å². The number of carbonyl (C=O) groups excluding carboxylic acids is 1. The third-order valence-electron chi connectivity index (χ3n) is 5.02. The van der Waals surface area contributed by atoms with Crippen LogP contribution in [0, 0.1) is 5.82 Å². The molecule has 0 saturated heterocycles. The molecular formula is C24H24ClFN4O3S2. The molecule has 0 radical (unpaired) electrons. The number of thiazole rings is 1. The fourth-order valence-electron chi connectivity index (χ4n) is 3.26. The number of carbonyl (C=O) groups is 1. The quantitative estimate of drug-likeness (QED) is 0.349. The molecule has 184 valence electrons. The molecule has 7 nitrogen and oxygen atoms in total. The molecule has 0 unspecified atom stereocenters. The Bertz CT molecular complexity index is 1390. The minimum Gasteiger partial charge on any atom is -0.308 e. The molecular weight excluding hydrogens is 511 g/mol. The highest BCUT2D eigenvalue weighted by Gasteiger charge is 2.22. The fourth-order valence-corrected chi connectivity index (χ4v) is 5.30. The third-order valence-corrected chi connectivity index (χ3v) is 7.47. The third kappa shape index (κ3) is 6.34. The number of nitrogens with one attached hydrogen (secondary N) is 1. The molecule has 0 aliphatic rings. The van der Waals surface area contributed by atoms with E-state index < -0.39 is 15.8 Å². The van der Waals surface area contributed by atoms with Crippen LogP contribution in [0.3, 0.4) is 0 Å². The first-order chi connectivity index (χ1) is 16.2. The number of para-hydroxylation sites is 1. The van der Waals surface area contributed by atoms with Crippen LogP contribution in [0.4, 0.5) is 15.2 Å². The van der Waals surface area contributed by atoms with Gasteiger partial charge in [0.15, 0.2) is 5.13 Å². The summed E-state index contributed by atoms with van der Waals surface area (Å²) in [7, 11) is -0.0973. The van der Waals surface area contributed by atoms with E-state index in [0.717, 1.165) is 22.3 Å². The van der Waals surface area contributed by atoms with Gasteiger partial charge in [0, 0.05) is 24.3 Å². The first-order valence-electron chi connectivity index (χ1n) is 10.4. The van der Waals surface area contributed by atoms with E-state index >= 15 is 0 Å². The van der Waals surface area contributed by atoms with Crippen molar-refractivity contribution in [2.24, 2.45) is 0 Å². The minimum atomic E-state index is -3.94. The van der Waals surface area contributed by atoms with E-state index in [1.807, 2.05) is 43.3 Å². The van der Waals surface area contributed by atoms with Crippen LogP contribution in [0.5, 0.6) is 0 Å². The minimum absolute atomic E-state index is 0. The van der Waals surface area contributed by atoms with E-state index in [9.17, 15) is 17.6 Å². The number of halogens is 2. The van der Waals surface area contributed by atoms with Crippen LogP contribution in [0.25, 0.3) is 10.2 Å². The lowest BCUT2D eigenvalue weighted by atomic mass is 10.2. The van der Waals surface area contributed by atoms with E-state index in [2.05, 4.69) is 9.71 Å². The number of nitrogens with zero attached hydrogens (tertiary/aromatic N) is 3. The predicted molar refractivity (Wildman–Crippen MR) is 141 cm³/mol. The number of sulfonamides is 1. The number of rotatable bonds is 8. The van der Waals surface area contributed by atoms with Crippen molar-refractivity contribution in [1.29, 1.82) is 0 Å². The molecule has 0 atom stereocenters. The number of hydrogen-bond donors (Lipinski definition) is 1. The van der Waals surface area contributed by atoms with E-state index in [-0.39, 0.29) is 28.9 Å². The van der Waals surface area contributed by atoms with Crippen molar-refractivity contribution < 1.29 is 17.6 Å². The molecule has 4 aromatic rings. The summed E-state index contributed by atoms with van der Waals surface area (Å²) in [6.45, 7) is 1.04. The van der Waals surface area contributed by atoms with Gasteiger partial charge in [-0.3, -0.25) is 14.4 Å². The van der Waals surface area contributed by atoms with Gasteiger partial charge in [0.25, 0.3) is 15.9 Å². The van der Waals surface area contributed by atoms with E-state index in [4.69, 9.17) is 0 Å². The smallest absolute Gasteiger partial charge is 0.261 e. The summed E-state index contributed by atoms with van der Waals surface area (Å²) in [5.74, 6) is -0.817. The van der Waals surface area contributed by atoms with E-state index in [0.29, 0.717) is 23.8 Å². The Morgan fingerprint density at radius 3 is 2.40 bits per heavy atom. The zero-order chi connectivity index (χ0) is 24.3. The first-order valence-corrected chi connectivity index (χ1v) is 12.7. The normalized spacial score (nSPS) is 11.3. The highest BCUT2D eigenvalue weighted by atomic mass is 35.5. The second-order valence-electron chi connectivity index (χ2n) is 7.86. The Kier molecular flexibility index (Phi) is 8.44. The lowest BCUT2D eigenvalue weighted by molar-refractivity contribution is 0.0985. The number of aromatic nitrogens is 1. The Labute approximate surface area is 213 Å². The van der Waals surface area contributed by atoms with Gasteiger partial charge < -0.3 is 4.90 Å². The van der Waals surface area contributed by atoms with E-state index in [1.54, 1.807) is 23.1 Å². The van der Waals surface area contributed by atoms with Gasteiger partial charge in [-0.2, -0.15) is 0 Å². The second kappa shape index (κ2) is 11.1. The van der Waals surface area contributed by atoms with Crippen LogP contribution < -0.4 is 9.62 Å². The van der Waals surface area contributed by atoms with Crippen LogP contribution >= 0.6 is 23.7 Å². The van der Waals surface area contributed by atoms with Gasteiger partial charge in [-0.05, 0) is 68.7 Å². The van der Waals surface area contributed by atoms with Gasteiger partial charge in [0.2, 0.25) is 0 Å². The molecule has 1 heterocycles. The van der Waals surface area contributed by atoms with Gasteiger partial charge in [-0.1, -0.05) is 29.5 Å². The van der Waals surface area contributed by atoms with Gasteiger partial charge in [0.1, 0.15) is 5.82 Å². The monoisotopic (exact) mass is 534 g/mol. The van der Waals surface area contributed by atoms with E-state index in [1.165, 1.54) is 29.5 Å². The van der Waals surface area contributed by atoms with Crippen molar-refractivity contribution >= 4 is 60.7 Å². The van der Waals surface area contributed by atoms with Crippen LogP contribution in [0.1, 0.15) is 10.4 Å². The standard InChI is InChI=1S/C24H23FN4O3S2.ClH/c1-28(2)14-15-29(24-26-21-8-3-4-9-22(21)33-24)23(30)17-6-5-7-19(16-17)27-34(31,32)20-12-10-18(25)11-13-20;/h3-13,16,27H,14-15H2,1-2H3;1H. The maximum Gasteiger partial charge on any atom is 0.261 e. The summed E-state index contributed by atoms with van der Waals surface area (Å²) in [4.78, 5) is 21.7. The lowest BCUT2D eigenvalue weighted by Crippen LogP contribution is -2.36. The van der Waals surface area contributed by atoms with Gasteiger partial charge in [-0.15, -0.1) is 12.4 Å². The molecule has 11 heteroatoms. The fraction of sp³-hybridized carbons (Fsp3) is 0.167. The number of likely N-dealkylation sites (N-methyl/N-ethyl adjacent to an activating group) is 1. The maximum atomic E-state index is 13.5. The van der Waals surface area contributed by atoms with Crippen molar-refractivity contribution in [3.63, 3.8) is 0 Å². The first kappa shape index (κ1) is 26.6. The average molecular weight is 535 g/mol. The van der Waals surface area contributed by atoms with Crippen molar-refractivity contribution in [1.82, 2.24) is 9.88 Å². The molecule has 0 bridgehead atoms. The number of hydrogen-bond acceptors (Lipinski definition) is 6. The Balaban J connectivity index is 0.00000342. The summed E-state index contributed by atoms with van der Waals surface area (Å²) >= 11 is 1.43. The number of anilines is 2. The number of benzene rings is 3. The topological polar surface area (TPSA) is 82.6 Å². The van der Waals surface area contributed by atoms with Crippen molar-refractivity contribution in [2.45, 2.75) is 4.90 Å². The summed E-state index contributed by atoms with van der Waals surface area (Å²) in [5.41, 5.74) is 1.36. The zero-order valence-corrected chi connectivity index (χ0v) is 21.5. The molecule has 35 heavy (non-hydrogen) atoms. The summed E-state index contributed by atoms with van der Waals surface area (Å²) in [6.07, 6.45) is 0. The van der Waals surface area contributed by atoms with Crippen LogP contribution in [0.15, 0.2) is 77.7 Å². The molecule has 0 saturated carbocycles. The Hall–Kier alpha value is -3.05. The number of fused-ring (bicyclic) bond motifs is 1. The van der Waals surface area contributed by atoms with Gasteiger partial charge in [-0.25, -0.2) is 17.8 Å². The molecule has 3 aromatic carbocycles. The molecule has 1 N–H and O–H groups in total. The zero-order valence-electron chi connectivity index (χ0n) is 19.0. The molecule has 0 aliphatic carbocycles.